The van der Waals surface area contributed by atoms with Crippen molar-refractivity contribution in [2.45, 2.75) is 32.1 Å². The largest absolute Gasteiger partial charge is 0.494 e. The lowest BCUT2D eigenvalue weighted by Gasteiger charge is -2.32. The molecule has 24 heavy (non-hydrogen) atoms. The Kier molecular flexibility index (Phi) is 5.13. The molecule has 0 spiro atoms. The maximum atomic E-state index is 12.8. The Bertz CT molecular complexity index is 681. The van der Waals surface area contributed by atoms with E-state index in [9.17, 15) is 4.79 Å². The molecule has 2 aromatic rings. The van der Waals surface area contributed by atoms with Crippen LogP contribution < -0.4 is 4.74 Å². The molecule has 1 fully saturated rings. The number of benzene rings is 1. The van der Waals surface area contributed by atoms with Crippen LogP contribution in [0, 0.1) is 0 Å². The lowest BCUT2D eigenvalue weighted by atomic mass is 9.96. The van der Waals surface area contributed by atoms with Gasteiger partial charge in [-0.15, -0.1) is 10.2 Å². The van der Waals surface area contributed by atoms with Gasteiger partial charge in [0.15, 0.2) is 0 Å². The van der Waals surface area contributed by atoms with E-state index in [-0.39, 0.29) is 11.8 Å². The van der Waals surface area contributed by atoms with Crippen LogP contribution in [-0.4, -0.2) is 45.3 Å². The lowest BCUT2D eigenvalue weighted by molar-refractivity contribution is 0.0703. The van der Waals surface area contributed by atoms with Crippen LogP contribution in [0.2, 0.25) is 0 Å². The summed E-state index contributed by atoms with van der Waals surface area (Å²) in [4.78, 5) is 14.7. The number of aromatic nitrogens is 3. The molecule has 0 N–H and O–H groups in total. The molecule has 1 atom stereocenters. The van der Waals surface area contributed by atoms with Gasteiger partial charge in [-0.1, -0.05) is 6.92 Å². The van der Waals surface area contributed by atoms with Crippen molar-refractivity contribution < 1.29 is 9.53 Å². The number of ether oxygens (including phenoxy) is 1. The van der Waals surface area contributed by atoms with Crippen molar-refractivity contribution in [3.63, 3.8) is 0 Å². The third-order valence-electron chi connectivity index (χ3n) is 4.39. The van der Waals surface area contributed by atoms with Gasteiger partial charge < -0.3 is 14.2 Å². The molecule has 3 rings (SSSR count). The molecule has 2 heterocycles. The van der Waals surface area contributed by atoms with Gasteiger partial charge >= 0.3 is 0 Å². The van der Waals surface area contributed by atoms with Crippen molar-refractivity contribution in [1.82, 2.24) is 19.7 Å². The van der Waals surface area contributed by atoms with E-state index in [1.54, 1.807) is 6.33 Å². The minimum absolute atomic E-state index is 0.0731. The molecule has 0 saturated carbocycles. The summed E-state index contributed by atoms with van der Waals surface area (Å²) in [6, 6.07) is 7.43. The predicted molar refractivity (Wildman–Crippen MR) is 91.1 cm³/mol. The van der Waals surface area contributed by atoms with Gasteiger partial charge in [-0.2, -0.15) is 0 Å². The molecular formula is C18H24N4O2. The van der Waals surface area contributed by atoms with E-state index in [0.29, 0.717) is 18.7 Å². The Balaban J connectivity index is 1.67. The number of carbonyl (C=O) groups excluding carboxylic acids is 1. The molecule has 0 aliphatic carbocycles. The van der Waals surface area contributed by atoms with Crippen molar-refractivity contribution >= 4 is 5.91 Å². The summed E-state index contributed by atoms with van der Waals surface area (Å²) in [5.74, 6) is 2.09. The highest BCUT2D eigenvalue weighted by molar-refractivity contribution is 5.94. The molecule has 1 aromatic carbocycles. The maximum Gasteiger partial charge on any atom is 0.253 e. The number of aryl methyl sites for hydroxylation is 1. The van der Waals surface area contributed by atoms with Gasteiger partial charge in [0.2, 0.25) is 0 Å². The average Bonchev–Trinajstić information content (AvgIpc) is 3.06. The molecule has 0 unspecified atom stereocenters. The van der Waals surface area contributed by atoms with Crippen molar-refractivity contribution in [2.75, 3.05) is 19.7 Å². The lowest BCUT2D eigenvalue weighted by Crippen LogP contribution is -2.39. The highest BCUT2D eigenvalue weighted by Gasteiger charge is 2.27. The molecule has 128 valence electrons. The number of carbonyl (C=O) groups is 1. The molecule has 1 amide bonds. The zero-order valence-electron chi connectivity index (χ0n) is 14.3. The molecular weight excluding hydrogens is 304 g/mol. The van der Waals surface area contributed by atoms with E-state index in [0.717, 1.165) is 37.4 Å². The van der Waals surface area contributed by atoms with Crippen molar-refractivity contribution in [2.24, 2.45) is 7.05 Å². The highest BCUT2D eigenvalue weighted by atomic mass is 16.5. The van der Waals surface area contributed by atoms with Crippen LogP contribution in [0.15, 0.2) is 30.6 Å². The van der Waals surface area contributed by atoms with Gasteiger partial charge in [0, 0.05) is 31.6 Å². The topological polar surface area (TPSA) is 60.2 Å². The monoisotopic (exact) mass is 328 g/mol. The number of amides is 1. The number of likely N-dealkylation sites (tertiary alicyclic amines) is 1. The summed E-state index contributed by atoms with van der Waals surface area (Å²) in [6.07, 6.45) is 4.71. The summed E-state index contributed by atoms with van der Waals surface area (Å²) in [5.41, 5.74) is 0.706. The predicted octanol–water partition coefficient (Wildman–Crippen LogP) is 2.62. The molecule has 1 aliphatic rings. The first-order valence-corrected chi connectivity index (χ1v) is 8.55. The summed E-state index contributed by atoms with van der Waals surface area (Å²) >= 11 is 0. The van der Waals surface area contributed by atoms with E-state index in [1.807, 2.05) is 40.8 Å². The molecule has 1 saturated heterocycles. The summed E-state index contributed by atoms with van der Waals surface area (Å²) in [6.45, 7) is 4.25. The minimum atomic E-state index is 0.0731. The summed E-state index contributed by atoms with van der Waals surface area (Å²) < 4.78 is 7.51. The first kappa shape index (κ1) is 16.5. The molecule has 0 radical (unpaired) electrons. The van der Waals surface area contributed by atoms with Crippen molar-refractivity contribution in [1.29, 1.82) is 0 Å². The number of hydrogen-bond acceptors (Lipinski definition) is 4. The van der Waals surface area contributed by atoms with Crippen LogP contribution in [0.3, 0.4) is 0 Å². The van der Waals surface area contributed by atoms with Gasteiger partial charge in [-0.3, -0.25) is 4.79 Å². The van der Waals surface area contributed by atoms with Crippen molar-refractivity contribution in [3.05, 3.63) is 42.0 Å². The van der Waals surface area contributed by atoms with E-state index >= 15 is 0 Å². The van der Waals surface area contributed by atoms with Gasteiger partial charge in [0.05, 0.1) is 6.61 Å². The number of nitrogens with zero attached hydrogens (tertiary/aromatic N) is 4. The quantitative estimate of drug-likeness (QED) is 0.846. The Morgan fingerprint density at radius 1 is 1.33 bits per heavy atom. The van der Waals surface area contributed by atoms with Gasteiger partial charge in [0.25, 0.3) is 5.91 Å². The fourth-order valence-corrected chi connectivity index (χ4v) is 3.13. The van der Waals surface area contributed by atoms with Crippen LogP contribution >= 0.6 is 0 Å². The average molecular weight is 328 g/mol. The van der Waals surface area contributed by atoms with Crippen LogP contribution in [-0.2, 0) is 7.05 Å². The van der Waals surface area contributed by atoms with Crippen LogP contribution in [0.25, 0.3) is 0 Å². The SMILES string of the molecule is CCCOc1ccc(C(=O)N2CCC[C@@H](c3nncn3C)C2)cc1. The van der Waals surface area contributed by atoms with Gasteiger partial charge in [-0.25, -0.2) is 0 Å². The normalized spacial score (nSPS) is 17.8. The van der Waals surface area contributed by atoms with Crippen LogP contribution in [0.1, 0.15) is 48.3 Å². The van der Waals surface area contributed by atoms with Crippen LogP contribution in [0.5, 0.6) is 5.75 Å². The molecule has 1 aromatic heterocycles. The fourth-order valence-electron chi connectivity index (χ4n) is 3.13. The first-order valence-electron chi connectivity index (χ1n) is 8.55. The number of piperidine rings is 1. The van der Waals surface area contributed by atoms with Gasteiger partial charge in [0.1, 0.15) is 17.9 Å². The Labute approximate surface area is 142 Å². The molecule has 6 heteroatoms. The fraction of sp³-hybridized carbons (Fsp3) is 0.500. The first-order chi connectivity index (χ1) is 11.7. The van der Waals surface area contributed by atoms with Crippen molar-refractivity contribution in [3.8, 4) is 5.75 Å². The Morgan fingerprint density at radius 2 is 2.12 bits per heavy atom. The second-order valence-electron chi connectivity index (χ2n) is 6.26. The third-order valence-corrected chi connectivity index (χ3v) is 4.39. The van der Waals surface area contributed by atoms with E-state index in [2.05, 4.69) is 17.1 Å². The standard InChI is InChI=1S/C18H24N4O2/c1-3-11-24-16-8-6-14(7-9-16)18(23)22-10-4-5-15(12-22)17-20-19-13-21(17)2/h6-9,13,15H,3-5,10-12H2,1-2H3/t15-/m1/s1. The zero-order chi connectivity index (χ0) is 16.9. The summed E-state index contributed by atoms with van der Waals surface area (Å²) in [7, 11) is 1.95. The molecule has 0 bridgehead atoms. The second-order valence-corrected chi connectivity index (χ2v) is 6.26. The number of rotatable bonds is 5. The highest BCUT2D eigenvalue weighted by Crippen LogP contribution is 2.26. The Hall–Kier alpha value is -2.37. The van der Waals surface area contributed by atoms with Gasteiger partial charge in [-0.05, 0) is 43.5 Å². The molecule has 1 aliphatic heterocycles. The smallest absolute Gasteiger partial charge is 0.253 e. The van der Waals surface area contributed by atoms with E-state index in [1.165, 1.54) is 0 Å². The second kappa shape index (κ2) is 7.47. The van der Waals surface area contributed by atoms with E-state index in [4.69, 9.17) is 4.74 Å². The van der Waals surface area contributed by atoms with Crippen LogP contribution in [0.4, 0.5) is 0 Å². The summed E-state index contributed by atoms with van der Waals surface area (Å²) in [5, 5.41) is 8.16. The van der Waals surface area contributed by atoms with E-state index < -0.39 is 0 Å². The molecule has 6 nitrogen and oxygen atoms in total. The third kappa shape index (κ3) is 3.58. The Morgan fingerprint density at radius 3 is 2.79 bits per heavy atom. The maximum absolute atomic E-state index is 12.8. The minimum Gasteiger partial charge on any atom is -0.494 e. The zero-order valence-corrected chi connectivity index (χ0v) is 14.3. The number of hydrogen-bond donors (Lipinski definition) is 0.